The third kappa shape index (κ3) is 5.14. The van der Waals surface area contributed by atoms with Crippen LogP contribution >= 0.6 is 22.9 Å². The van der Waals surface area contributed by atoms with Gasteiger partial charge in [-0.25, -0.2) is 0 Å². The fourth-order valence-electron chi connectivity index (χ4n) is 1.44. The minimum atomic E-state index is -4.29. The molecule has 0 aliphatic carbocycles. The third-order valence-electron chi connectivity index (χ3n) is 2.22. The van der Waals surface area contributed by atoms with E-state index in [1.807, 2.05) is 19.9 Å². The van der Waals surface area contributed by atoms with Crippen LogP contribution in [0.15, 0.2) is 6.07 Å². The van der Waals surface area contributed by atoms with Gasteiger partial charge in [0, 0.05) is 4.88 Å². The first-order chi connectivity index (χ1) is 8.33. The van der Waals surface area contributed by atoms with Crippen LogP contribution < -0.4 is 5.32 Å². The Balaban J connectivity index is 2.60. The summed E-state index contributed by atoms with van der Waals surface area (Å²) in [6.07, 6.45) is -4.29. The second kappa shape index (κ2) is 6.75. The predicted octanol–water partition coefficient (Wildman–Crippen LogP) is 3.94. The van der Waals surface area contributed by atoms with Crippen molar-refractivity contribution in [3.63, 3.8) is 0 Å². The summed E-state index contributed by atoms with van der Waals surface area (Å²) >= 11 is 7.31. The molecule has 2 nitrogen and oxygen atoms in total. The summed E-state index contributed by atoms with van der Waals surface area (Å²) in [5.41, 5.74) is 0.926. The van der Waals surface area contributed by atoms with E-state index in [0.717, 1.165) is 10.4 Å². The number of hydrogen-bond donors (Lipinski definition) is 1. The molecule has 1 unspecified atom stereocenters. The van der Waals surface area contributed by atoms with E-state index >= 15 is 0 Å². The number of hydrogen-bond acceptors (Lipinski definition) is 3. The Bertz CT molecular complexity index is 361. The van der Waals surface area contributed by atoms with Gasteiger partial charge in [0.15, 0.2) is 0 Å². The molecule has 0 saturated carbocycles. The molecule has 1 aromatic heterocycles. The smallest absolute Gasteiger partial charge is 0.370 e. The lowest BCUT2D eigenvalue weighted by molar-refractivity contribution is -0.175. The molecule has 1 heterocycles. The summed E-state index contributed by atoms with van der Waals surface area (Å²) in [5, 5.41) is 3.09. The van der Waals surface area contributed by atoms with Crippen LogP contribution in [0, 0.1) is 6.92 Å². The van der Waals surface area contributed by atoms with Crippen LogP contribution in [0.4, 0.5) is 13.2 Å². The monoisotopic (exact) mass is 301 g/mol. The Labute approximate surface area is 113 Å². The average molecular weight is 302 g/mol. The van der Waals surface area contributed by atoms with Crippen LogP contribution in [0.2, 0.25) is 4.34 Å². The van der Waals surface area contributed by atoms with Crippen molar-refractivity contribution in [2.45, 2.75) is 26.1 Å². The highest BCUT2D eigenvalue weighted by atomic mass is 35.5. The molecule has 0 saturated heterocycles. The first-order valence-corrected chi connectivity index (χ1v) is 6.66. The number of nitrogens with one attached hydrogen (secondary N) is 1. The minimum absolute atomic E-state index is 0.0242. The Morgan fingerprint density at radius 1 is 1.50 bits per heavy atom. The molecule has 0 bridgehead atoms. The molecular weight excluding hydrogens is 287 g/mol. The normalized spacial score (nSPS) is 13.9. The molecule has 104 valence electrons. The van der Waals surface area contributed by atoms with E-state index in [4.69, 9.17) is 16.3 Å². The van der Waals surface area contributed by atoms with Gasteiger partial charge in [0.25, 0.3) is 0 Å². The summed E-state index contributed by atoms with van der Waals surface area (Å²) in [7, 11) is 0. The molecule has 0 aromatic carbocycles. The molecule has 0 fully saturated rings. The molecular formula is C11H15ClF3NOS. The zero-order chi connectivity index (χ0) is 13.8. The lowest BCUT2D eigenvalue weighted by Crippen LogP contribution is -2.27. The van der Waals surface area contributed by atoms with Gasteiger partial charge < -0.3 is 10.1 Å². The van der Waals surface area contributed by atoms with Crippen LogP contribution in [0.3, 0.4) is 0 Å². The number of ether oxygens (including phenoxy) is 1. The Morgan fingerprint density at radius 3 is 2.61 bits per heavy atom. The summed E-state index contributed by atoms with van der Waals surface area (Å²) in [5.74, 6) is 0. The quantitative estimate of drug-likeness (QED) is 0.859. The van der Waals surface area contributed by atoms with E-state index in [-0.39, 0.29) is 12.6 Å². The van der Waals surface area contributed by atoms with Crippen molar-refractivity contribution in [3.05, 3.63) is 20.8 Å². The Kier molecular flexibility index (Phi) is 5.91. The maximum absolute atomic E-state index is 12.0. The van der Waals surface area contributed by atoms with E-state index < -0.39 is 12.8 Å². The van der Waals surface area contributed by atoms with Crippen molar-refractivity contribution in [3.8, 4) is 0 Å². The molecule has 0 amide bonds. The van der Waals surface area contributed by atoms with Gasteiger partial charge in [-0.3, -0.25) is 0 Å². The molecule has 1 N–H and O–H groups in total. The zero-order valence-electron chi connectivity index (χ0n) is 10.1. The molecule has 0 aliphatic heterocycles. The SMILES string of the molecule is CCNC(COCC(F)(F)F)c1cc(C)c(Cl)s1. The number of alkyl halides is 3. The minimum Gasteiger partial charge on any atom is -0.370 e. The first kappa shape index (κ1) is 15.8. The van der Waals surface area contributed by atoms with Crippen molar-refractivity contribution in [1.29, 1.82) is 0 Å². The number of thiophene rings is 1. The van der Waals surface area contributed by atoms with Gasteiger partial charge in [0.1, 0.15) is 6.61 Å². The highest BCUT2D eigenvalue weighted by Gasteiger charge is 2.28. The van der Waals surface area contributed by atoms with E-state index in [2.05, 4.69) is 5.32 Å². The summed E-state index contributed by atoms with van der Waals surface area (Å²) in [6.45, 7) is 3.14. The highest BCUT2D eigenvalue weighted by Crippen LogP contribution is 2.31. The number of aryl methyl sites for hydroxylation is 1. The van der Waals surface area contributed by atoms with Gasteiger partial charge in [-0.05, 0) is 25.1 Å². The topological polar surface area (TPSA) is 21.3 Å². The lowest BCUT2D eigenvalue weighted by Gasteiger charge is -2.17. The number of rotatable bonds is 6. The second-order valence-corrected chi connectivity index (χ2v) is 5.53. The van der Waals surface area contributed by atoms with E-state index in [9.17, 15) is 13.2 Å². The summed E-state index contributed by atoms with van der Waals surface area (Å²) < 4.78 is 41.3. The molecule has 0 radical (unpaired) electrons. The fourth-order valence-corrected chi connectivity index (χ4v) is 2.71. The van der Waals surface area contributed by atoms with Crippen molar-refractivity contribution in [2.24, 2.45) is 0 Å². The van der Waals surface area contributed by atoms with Gasteiger partial charge >= 0.3 is 6.18 Å². The van der Waals surface area contributed by atoms with E-state index in [1.165, 1.54) is 11.3 Å². The third-order valence-corrected chi connectivity index (χ3v) is 3.89. The fraction of sp³-hybridized carbons (Fsp3) is 0.636. The largest absolute Gasteiger partial charge is 0.411 e. The van der Waals surface area contributed by atoms with Crippen LogP contribution in [0.1, 0.15) is 23.4 Å². The van der Waals surface area contributed by atoms with Crippen LogP contribution in [-0.2, 0) is 4.74 Å². The second-order valence-electron chi connectivity index (χ2n) is 3.85. The highest BCUT2D eigenvalue weighted by molar-refractivity contribution is 7.16. The molecule has 7 heteroatoms. The molecule has 18 heavy (non-hydrogen) atoms. The summed E-state index contributed by atoms with van der Waals surface area (Å²) in [6, 6.07) is 1.62. The average Bonchev–Trinajstić information content (AvgIpc) is 2.56. The van der Waals surface area contributed by atoms with Crippen LogP contribution in [0.5, 0.6) is 0 Å². The molecule has 1 aromatic rings. The Morgan fingerprint density at radius 2 is 2.17 bits per heavy atom. The van der Waals surface area contributed by atoms with Gasteiger partial charge in [-0.1, -0.05) is 18.5 Å². The van der Waals surface area contributed by atoms with Crippen molar-refractivity contribution < 1.29 is 17.9 Å². The van der Waals surface area contributed by atoms with Gasteiger partial charge in [0.05, 0.1) is 17.0 Å². The maximum atomic E-state index is 12.0. The summed E-state index contributed by atoms with van der Waals surface area (Å²) in [4.78, 5) is 0.890. The zero-order valence-corrected chi connectivity index (χ0v) is 11.7. The number of likely N-dealkylation sites (N-methyl/N-ethyl adjacent to an activating group) is 1. The maximum Gasteiger partial charge on any atom is 0.411 e. The van der Waals surface area contributed by atoms with Crippen molar-refractivity contribution in [2.75, 3.05) is 19.8 Å². The van der Waals surface area contributed by atoms with Gasteiger partial charge in [0.2, 0.25) is 0 Å². The molecule has 0 aliphatic rings. The van der Waals surface area contributed by atoms with E-state index in [1.54, 1.807) is 0 Å². The first-order valence-electron chi connectivity index (χ1n) is 5.47. The van der Waals surface area contributed by atoms with E-state index in [0.29, 0.717) is 10.9 Å². The molecule has 1 rings (SSSR count). The molecule has 0 spiro atoms. The van der Waals surface area contributed by atoms with Crippen molar-refractivity contribution in [1.82, 2.24) is 5.32 Å². The Hall–Kier alpha value is -0.300. The van der Waals surface area contributed by atoms with Crippen molar-refractivity contribution >= 4 is 22.9 Å². The lowest BCUT2D eigenvalue weighted by atomic mass is 10.2. The number of halogens is 4. The molecule has 1 atom stereocenters. The van der Waals surface area contributed by atoms with Gasteiger partial charge in [-0.15, -0.1) is 11.3 Å². The van der Waals surface area contributed by atoms with Crippen LogP contribution in [0.25, 0.3) is 0 Å². The predicted molar refractivity (Wildman–Crippen MR) is 67.4 cm³/mol. The van der Waals surface area contributed by atoms with Crippen LogP contribution in [-0.4, -0.2) is 25.9 Å². The standard InChI is InChI=1S/C11H15ClF3NOS/c1-3-16-8(5-17-6-11(13,14)15)9-4-7(2)10(12)18-9/h4,8,16H,3,5-6H2,1-2H3. The van der Waals surface area contributed by atoms with Gasteiger partial charge in [-0.2, -0.15) is 13.2 Å².